The van der Waals surface area contributed by atoms with Gasteiger partial charge >= 0.3 is 0 Å². The molecule has 0 N–H and O–H groups in total. The second-order valence-electron chi connectivity index (χ2n) is 11.2. The summed E-state index contributed by atoms with van der Waals surface area (Å²) in [5.41, 5.74) is 4.09. The number of furan rings is 1. The normalized spacial score (nSPS) is 12.2. The molecule has 9 rings (SSSR count). The van der Waals surface area contributed by atoms with Crippen LogP contribution >= 0.6 is 18.5 Å². The Balaban J connectivity index is 1.23. The van der Waals surface area contributed by atoms with Crippen molar-refractivity contribution in [3.8, 4) is 11.1 Å². The second-order valence-corrected chi connectivity index (χ2v) is 15.1. The zero-order valence-corrected chi connectivity index (χ0v) is 25.3. The third kappa shape index (κ3) is 3.84. The standard InChI is InChI=1S/C40H25O2PS/c41-43(29-10-3-1-4-11-29,30-12-5-2-6-13-30)31-18-22-39-34(25-31)33-23-28(17-21-38(33)44-39)27-16-19-36-35(24-27)40-32-14-8-7-9-26(32)15-20-37(40)42-36/h1-25H. The Morgan fingerprint density at radius 2 is 1.05 bits per heavy atom. The monoisotopic (exact) mass is 600 g/mol. The smallest absolute Gasteiger partial charge is 0.171 e. The average Bonchev–Trinajstić information content (AvgIpc) is 3.66. The van der Waals surface area contributed by atoms with Crippen LogP contribution in [0.3, 0.4) is 0 Å². The molecule has 4 heteroatoms. The van der Waals surface area contributed by atoms with Crippen LogP contribution in [0.4, 0.5) is 0 Å². The molecule has 2 aromatic heterocycles. The first-order chi connectivity index (χ1) is 21.7. The van der Waals surface area contributed by atoms with E-state index in [-0.39, 0.29) is 0 Å². The van der Waals surface area contributed by atoms with E-state index in [1.165, 1.54) is 25.6 Å². The van der Waals surface area contributed by atoms with Gasteiger partial charge in [0, 0.05) is 46.9 Å². The largest absolute Gasteiger partial charge is 0.456 e. The molecule has 0 bridgehead atoms. The summed E-state index contributed by atoms with van der Waals surface area (Å²) in [5.74, 6) is 0. The highest BCUT2D eigenvalue weighted by Gasteiger charge is 2.30. The minimum absolute atomic E-state index is 0.846. The van der Waals surface area contributed by atoms with Crippen LogP contribution in [-0.4, -0.2) is 0 Å². The molecular weight excluding hydrogens is 575 g/mol. The Labute approximate surface area is 258 Å². The summed E-state index contributed by atoms with van der Waals surface area (Å²) < 4.78 is 23.8. The van der Waals surface area contributed by atoms with Crippen molar-refractivity contribution in [2.45, 2.75) is 0 Å². The fourth-order valence-electron chi connectivity index (χ4n) is 6.59. The lowest BCUT2D eigenvalue weighted by Crippen LogP contribution is -2.24. The number of thiophene rings is 1. The fraction of sp³-hybridized carbons (Fsp3) is 0. The highest BCUT2D eigenvalue weighted by Crippen LogP contribution is 2.45. The molecule has 0 atom stereocenters. The highest BCUT2D eigenvalue weighted by atomic mass is 32.1. The van der Waals surface area contributed by atoms with Crippen molar-refractivity contribution in [1.29, 1.82) is 0 Å². The predicted molar refractivity (Wildman–Crippen MR) is 189 cm³/mol. The Morgan fingerprint density at radius 3 is 1.80 bits per heavy atom. The molecule has 0 aliphatic heterocycles. The lowest BCUT2D eigenvalue weighted by atomic mass is 9.99. The lowest BCUT2D eigenvalue weighted by Gasteiger charge is -2.20. The van der Waals surface area contributed by atoms with Gasteiger partial charge in [0.15, 0.2) is 7.14 Å². The van der Waals surface area contributed by atoms with Crippen LogP contribution in [0.25, 0.3) is 64.0 Å². The first-order valence-electron chi connectivity index (χ1n) is 14.7. The van der Waals surface area contributed by atoms with E-state index in [4.69, 9.17) is 4.42 Å². The van der Waals surface area contributed by atoms with Gasteiger partial charge in [0.25, 0.3) is 0 Å². The number of hydrogen-bond acceptors (Lipinski definition) is 3. The molecule has 2 heterocycles. The van der Waals surface area contributed by atoms with Crippen LogP contribution in [0.15, 0.2) is 156 Å². The van der Waals surface area contributed by atoms with E-state index in [2.05, 4.69) is 91.0 Å². The highest BCUT2D eigenvalue weighted by molar-refractivity contribution is 7.85. The molecular formula is C40H25O2PS. The molecule has 0 saturated heterocycles. The Hall–Kier alpha value is -4.95. The molecule has 2 nitrogen and oxygen atoms in total. The molecule has 0 aliphatic carbocycles. The molecule has 0 fully saturated rings. The summed E-state index contributed by atoms with van der Waals surface area (Å²) in [4.78, 5) is 0. The second kappa shape index (κ2) is 9.79. The van der Waals surface area contributed by atoms with Gasteiger partial charge in [0.1, 0.15) is 11.2 Å². The summed E-state index contributed by atoms with van der Waals surface area (Å²) in [6.07, 6.45) is 0. The number of rotatable bonds is 4. The SMILES string of the molecule is O=P(c1ccccc1)(c1ccccc1)c1ccc2sc3ccc(-c4ccc5oc6ccc7ccccc7c6c5c4)cc3c2c1. The van der Waals surface area contributed by atoms with Gasteiger partial charge in [0.05, 0.1) is 0 Å². The molecule has 0 unspecified atom stereocenters. The first kappa shape index (κ1) is 25.5. The molecule has 44 heavy (non-hydrogen) atoms. The molecule has 0 amide bonds. The Bertz CT molecular complexity index is 2540. The Kier molecular flexibility index (Phi) is 5.68. The zero-order chi connectivity index (χ0) is 29.3. The van der Waals surface area contributed by atoms with E-state index in [9.17, 15) is 0 Å². The average molecular weight is 601 g/mol. The van der Waals surface area contributed by atoms with Crippen LogP contribution in [-0.2, 0) is 4.57 Å². The van der Waals surface area contributed by atoms with Gasteiger partial charge in [-0.25, -0.2) is 0 Å². The van der Waals surface area contributed by atoms with Gasteiger partial charge < -0.3 is 8.98 Å². The van der Waals surface area contributed by atoms with Gasteiger partial charge in [0.2, 0.25) is 0 Å². The molecule has 0 saturated carbocycles. The predicted octanol–water partition coefficient (Wildman–Crippen LogP) is 10.4. The maximum atomic E-state index is 15.1. The molecule has 7 aromatic carbocycles. The minimum atomic E-state index is -3.07. The van der Waals surface area contributed by atoms with E-state index in [1.807, 2.05) is 60.7 Å². The maximum Gasteiger partial charge on any atom is 0.171 e. The number of benzene rings is 7. The van der Waals surface area contributed by atoms with E-state index in [0.29, 0.717) is 0 Å². The zero-order valence-electron chi connectivity index (χ0n) is 23.6. The van der Waals surface area contributed by atoms with Gasteiger partial charge in [-0.2, -0.15) is 0 Å². The van der Waals surface area contributed by atoms with Crippen molar-refractivity contribution >= 4 is 87.3 Å². The van der Waals surface area contributed by atoms with Gasteiger partial charge in [-0.15, -0.1) is 11.3 Å². The Morgan fingerprint density at radius 1 is 0.455 bits per heavy atom. The number of hydrogen-bond donors (Lipinski definition) is 0. The third-order valence-corrected chi connectivity index (χ3v) is 13.0. The van der Waals surface area contributed by atoms with Crippen LogP contribution < -0.4 is 15.9 Å². The van der Waals surface area contributed by atoms with Gasteiger partial charge in [-0.1, -0.05) is 103 Å². The van der Waals surface area contributed by atoms with E-state index < -0.39 is 7.14 Å². The van der Waals surface area contributed by atoms with Crippen molar-refractivity contribution < 1.29 is 8.98 Å². The van der Waals surface area contributed by atoms with Crippen LogP contribution in [0.5, 0.6) is 0 Å². The quantitative estimate of drug-likeness (QED) is 0.188. The first-order valence-corrected chi connectivity index (χ1v) is 17.2. The lowest BCUT2D eigenvalue weighted by molar-refractivity contribution is 0.592. The van der Waals surface area contributed by atoms with Gasteiger partial charge in [-0.3, -0.25) is 0 Å². The number of fused-ring (bicyclic) bond motifs is 8. The van der Waals surface area contributed by atoms with Crippen molar-refractivity contribution in [3.63, 3.8) is 0 Å². The van der Waals surface area contributed by atoms with Gasteiger partial charge in [-0.05, 0) is 70.4 Å². The maximum absolute atomic E-state index is 15.1. The van der Waals surface area contributed by atoms with E-state index >= 15 is 4.57 Å². The third-order valence-electron chi connectivity index (χ3n) is 8.75. The van der Waals surface area contributed by atoms with Crippen molar-refractivity contribution in [2.24, 2.45) is 0 Å². The van der Waals surface area contributed by atoms with E-state index in [0.717, 1.165) is 54.4 Å². The summed E-state index contributed by atoms with van der Waals surface area (Å²) in [6, 6.07) is 52.0. The molecule has 0 aliphatic rings. The minimum Gasteiger partial charge on any atom is -0.456 e. The van der Waals surface area contributed by atoms with Crippen molar-refractivity contribution in [2.75, 3.05) is 0 Å². The van der Waals surface area contributed by atoms with Crippen LogP contribution in [0, 0.1) is 0 Å². The van der Waals surface area contributed by atoms with Crippen molar-refractivity contribution in [1.82, 2.24) is 0 Å². The molecule has 208 valence electrons. The molecule has 0 radical (unpaired) electrons. The summed E-state index contributed by atoms with van der Waals surface area (Å²) in [6.45, 7) is 0. The summed E-state index contributed by atoms with van der Waals surface area (Å²) >= 11 is 1.78. The summed E-state index contributed by atoms with van der Waals surface area (Å²) in [7, 11) is -3.07. The fourth-order valence-corrected chi connectivity index (χ4v) is 10.3. The van der Waals surface area contributed by atoms with Crippen LogP contribution in [0.1, 0.15) is 0 Å². The van der Waals surface area contributed by atoms with E-state index in [1.54, 1.807) is 11.3 Å². The topological polar surface area (TPSA) is 30.2 Å². The van der Waals surface area contributed by atoms with Crippen LogP contribution in [0.2, 0.25) is 0 Å². The summed E-state index contributed by atoms with van der Waals surface area (Å²) in [5, 5.41) is 9.55. The van der Waals surface area contributed by atoms with Crippen molar-refractivity contribution in [3.05, 3.63) is 152 Å². The molecule has 0 spiro atoms. The molecule has 9 aromatic rings.